The third kappa shape index (κ3) is 3.50. The second-order valence-electron chi connectivity index (χ2n) is 2.42. The lowest BCUT2D eigenvalue weighted by molar-refractivity contribution is 0.452. The van der Waals surface area contributed by atoms with Gasteiger partial charge in [-0.2, -0.15) is 0 Å². The molecule has 0 radical (unpaired) electrons. The fourth-order valence-corrected chi connectivity index (χ4v) is 0.805. The van der Waals surface area contributed by atoms with E-state index in [0.29, 0.717) is 11.4 Å². The van der Waals surface area contributed by atoms with E-state index in [0.717, 1.165) is 6.42 Å². The Labute approximate surface area is 77.6 Å². The lowest BCUT2D eigenvalue weighted by Gasteiger charge is -2.14. The maximum atomic E-state index is 5.58. The van der Waals surface area contributed by atoms with Gasteiger partial charge in [-0.25, -0.2) is 5.84 Å². The van der Waals surface area contributed by atoms with E-state index in [1.807, 2.05) is 6.92 Å². The number of nitrogens with two attached hydrogens (primary N) is 3. The van der Waals surface area contributed by atoms with E-state index in [1.54, 1.807) is 13.1 Å². The van der Waals surface area contributed by atoms with Crippen LogP contribution in [-0.2, 0) is 0 Å². The lowest BCUT2D eigenvalue weighted by atomic mass is 10.3. The van der Waals surface area contributed by atoms with Crippen LogP contribution >= 0.6 is 11.6 Å². The molecule has 0 amide bonds. The van der Waals surface area contributed by atoms with E-state index >= 15 is 0 Å². The quantitative estimate of drug-likeness (QED) is 0.261. The summed E-state index contributed by atoms with van der Waals surface area (Å²) in [5.41, 5.74) is 12.2. The number of halogens is 1. The number of hydrazine groups is 1. The minimum absolute atomic E-state index is 0.136. The van der Waals surface area contributed by atoms with Gasteiger partial charge < -0.3 is 16.5 Å². The van der Waals surface area contributed by atoms with Crippen molar-refractivity contribution in [3.8, 4) is 0 Å². The van der Waals surface area contributed by atoms with Gasteiger partial charge in [0.25, 0.3) is 0 Å². The molecule has 12 heavy (non-hydrogen) atoms. The number of allylic oxidation sites excluding steroid dienone is 2. The molecule has 0 bridgehead atoms. The highest BCUT2D eigenvalue weighted by molar-refractivity contribution is 6.29. The van der Waals surface area contributed by atoms with Crippen molar-refractivity contribution >= 4 is 11.6 Å². The number of hydrogen-bond acceptors (Lipinski definition) is 4. The first kappa shape index (κ1) is 11.1. The Morgan fingerprint density at radius 3 is 2.25 bits per heavy atom. The topological polar surface area (TPSA) is 81.3 Å². The predicted molar refractivity (Wildman–Crippen MR) is 51.6 cm³/mol. The molecule has 0 aromatic carbocycles. The zero-order valence-electron chi connectivity index (χ0n) is 7.34. The average molecular weight is 191 g/mol. The monoisotopic (exact) mass is 190 g/mol. The second kappa shape index (κ2) is 4.90. The van der Waals surface area contributed by atoms with Crippen LogP contribution in [0.4, 0.5) is 0 Å². The third-order valence-corrected chi connectivity index (χ3v) is 1.55. The van der Waals surface area contributed by atoms with Crippen molar-refractivity contribution < 1.29 is 0 Å². The van der Waals surface area contributed by atoms with Crippen LogP contribution in [0.1, 0.15) is 13.3 Å². The van der Waals surface area contributed by atoms with Crippen LogP contribution in [0, 0.1) is 0 Å². The zero-order chi connectivity index (χ0) is 9.72. The summed E-state index contributed by atoms with van der Waals surface area (Å²) in [4.78, 5) is 0. The van der Waals surface area contributed by atoms with Gasteiger partial charge in [-0.15, -0.1) is 0 Å². The van der Waals surface area contributed by atoms with Crippen LogP contribution in [0.2, 0.25) is 0 Å². The maximum Gasteiger partial charge on any atom is 0.124 e. The first-order valence-electron chi connectivity index (χ1n) is 3.58. The van der Waals surface area contributed by atoms with E-state index in [4.69, 9.17) is 28.9 Å². The number of rotatable bonds is 3. The molecule has 0 aliphatic carbocycles. The molecule has 0 aromatic heterocycles. The molecule has 0 aliphatic heterocycles. The first-order chi connectivity index (χ1) is 5.49. The van der Waals surface area contributed by atoms with Crippen LogP contribution in [0.25, 0.3) is 0 Å². The molecule has 0 saturated heterocycles. The molecule has 4 nitrogen and oxygen atoms in total. The second-order valence-corrected chi connectivity index (χ2v) is 2.82. The molecular weight excluding hydrogens is 176 g/mol. The maximum absolute atomic E-state index is 5.58. The van der Waals surface area contributed by atoms with Gasteiger partial charge >= 0.3 is 0 Å². The highest BCUT2D eigenvalue weighted by Gasteiger charge is 2.01. The molecule has 0 aromatic rings. The summed E-state index contributed by atoms with van der Waals surface area (Å²) in [7, 11) is 1.64. The Morgan fingerprint density at radius 2 is 2.00 bits per heavy atom. The number of likely N-dealkylation sites (N-methyl/N-ethyl adjacent to an activating group) is 1. The summed E-state index contributed by atoms with van der Waals surface area (Å²) in [5, 5.41) is 1.46. The van der Waals surface area contributed by atoms with Gasteiger partial charge in [0.05, 0.1) is 5.70 Å². The van der Waals surface area contributed by atoms with Gasteiger partial charge in [0.1, 0.15) is 5.16 Å². The molecule has 70 valence electrons. The summed E-state index contributed by atoms with van der Waals surface area (Å²) in [6.07, 6.45) is 2.39. The standard InChI is InChI=1S/C7H15ClN4/c1-3-5(9)4-6(7(8)10)12(2)11/h4H,3,9-11H2,1-2H3/b5-4-,7-6+. The van der Waals surface area contributed by atoms with E-state index in [2.05, 4.69) is 0 Å². The molecule has 0 unspecified atom stereocenters. The summed E-state index contributed by atoms with van der Waals surface area (Å²) in [5.74, 6) is 5.45. The van der Waals surface area contributed by atoms with Crippen molar-refractivity contribution in [2.75, 3.05) is 7.05 Å². The molecule has 0 aliphatic rings. The highest BCUT2D eigenvalue weighted by atomic mass is 35.5. The molecule has 6 N–H and O–H groups in total. The molecular formula is C7H15ClN4. The van der Waals surface area contributed by atoms with Crippen LogP contribution in [-0.4, -0.2) is 12.1 Å². The summed E-state index contributed by atoms with van der Waals surface area (Å²) in [6, 6.07) is 0. The molecule has 0 saturated carbocycles. The molecule has 0 fully saturated rings. The van der Waals surface area contributed by atoms with Crippen molar-refractivity contribution in [1.82, 2.24) is 5.01 Å². The summed E-state index contributed by atoms with van der Waals surface area (Å²) < 4.78 is 0. The van der Waals surface area contributed by atoms with Gasteiger partial charge in [-0.3, -0.25) is 0 Å². The Kier molecular flexibility index (Phi) is 4.54. The average Bonchev–Trinajstić information content (AvgIpc) is 1.98. The summed E-state index contributed by atoms with van der Waals surface area (Å²) in [6.45, 7) is 1.93. The van der Waals surface area contributed by atoms with Crippen LogP contribution < -0.4 is 17.3 Å². The fraction of sp³-hybridized carbons (Fsp3) is 0.429. The third-order valence-electron chi connectivity index (χ3n) is 1.36. The lowest BCUT2D eigenvalue weighted by Crippen LogP contribution is -2.26. The van der Waals surface area contributed by atoms with E-state index < -0.39 is 0 Å². The van der Waals surface area contributed by atoms with E-state index in [1.165, 1.54) is 5.01 Å². The van der Waals surface area contributed by atoms with Gasteiger partial charge in [-0.1, -0.05) is 18.5 Å². The van der Waals surface area contributed by atoms with Crippen LogP contribution in [0.15, 0.2) is 22.6 Å². The Morgan fingerprint density at radius 1 is 1.50 bits per heavy atom. The van der Waals surface area contributed by atoms with Crippen molar-refractivity contribution in [1.29, 1.82) is 0 Å². The minimum atomic E-state index is 0.136. The molecule has 0 rings (SSSR count). The van der Waals surface area contributed by atoms with E-state index in [9.17, 15) is 0 Å². The van der Waals surface area contributed by atoms with Crippen molar-refractivity contribution in [2.24, 2.45) is 17.3 Å². The molecule has 5 heteroatoms. The van der Waals surface area contributed by atoms with Crippen molar-refractivity contribution in [3.05, 3.63) is 22.6 Å². The molecule has 0 heterocycles. The molecule has 0 spiro atoms. The fourth-order valence-electron chi connectivity index (χ4n) is 0.617. The minimum Gasteiger partial charge on any atom is -0.402 e. The van der Waals surface area contributed by atoms with Gasteiger partial charge in [-0.05, 0) is 12.5 Å². The van der Waals surface area contributed by atoms with Gasteiger partial charge in [0.2, 0.25) is 0 Å². The van der Waals surface area contributed by atoms with E-state index in [-0.39, 0.29) is 5.16 Å². The largest absolute Gasteiger partial charge is 0.402 e. The Bertz CT molecular complexity index is 203. The number of hydrogen-bond donors (Lipinski definition) is 3. The van der Waals surface area contributed by atoms with Crippen LogP contribution in [0.5, 0.6) is 0 Å². The van der Waals surface area contributed by atoms with Gasteiger partial charge in [0, 0.05) is 12.7 Å². The SMILES string of the molecule is CC/C(N)=C/C(=C(\N)Cl)N(C)N. The smallest absolute Gasteiger partial charge is 0.124 e. The van der Waals surface area contributed by atoms with Crippen LogP contribution in [0.3, 0.4) is 0 Å². The first-order valence-corrected chi connectivity index (χ1v) is 3.96. The van der Waals surface area contributed by atoms with Crippen molar-refractivity contribution in [2.45, 2.75) is 13.3 Å². The predicted octanol–water partition coefficient (Wildman–Crippen LogP) is 0.411. The number of nitrogens with zero attached hydrogens (tertiary/aromatic N) is 1. The zero-order valence-corrected chi connectivity index (χ0v) is 8.10. The van der Waals surface area contributed by atoms with Crippen molar-refractivity contribution in [3.63, 3.8) is 0 Å². The Hall–Kier alpha value is -0.870. The highest BCUT2D eigenvalue weighted by Crippen LogP contribution is 2.08. The normalized spacial score (nSPS) is 14.2. The Balaban J connectivity index is 4.69. The summed E-state index contributed by atoms with van der Waals surface area (Å²) >= 11 is 5.58. The van der Waals surface area contributed by atoms with Gasteiger partial charge in [0.15, 0.2) is 0 Å². The molecule has 0 atom stereocenters.